The number of aliphatic hydroxyl groups is 1. The van der Waals surface area contributed by atoms with E-state index < -0.39 is 54.0 Å². The Hall–Kier alpha value is -2.20. The SMILES string of the molecule is CC(C)CC(NC(=O)C(NC(=O)C(C)N)C(C)O)C(=O)NC(C)C(=O)O. The van der Waals surface area contributed by atoms with Crippen LogP contribution >= 0.6 is 0 Å². The molecule has 0 spiro atoms. The molecule has 26 heavy (non-hydrogen) atoms. The molecule has 7 N–H and O–H groups in total. The Morgan fingerprint density at radius 2 is 1.42 bits per heavy atom. The summed E-state index contributed by atoms with van der Waals surface area (Å²) in [5.41, 5.74) is 5.44. The van der Waals surface area contributed by atoms with Gasteiger partial charge in [-0.1, -0.05) is 13.8 Å². The number of aliphatic carboxylic acids is 1. The molecule has 0 saturated carbocycles. The molecule has 0 rings (SSSR count). The number of carboxylic acids is 1. The van der Waals surface area contributed by atoms with Crippen molar-refractivity contribution in [1.82, 2.24) is 16.0 Å². The fraction of sp³-hybridized carbons (Fsp3) is 0.750. The maximum atomic E-state index is 12.4. The van der Waals surface area contributed by atoms with Crippen molar-refractivity contribution in [3.8, 4) is 0 Å². The third kappa shape index (κ3) is 8.26. The third-order valence-electron chi connectivity index (χ3n) is 3.55. The van der Waals surface area contributed by atoms with E-state index >= 15 is 0 Å². The van der Waals surface area contributed by atoms with Crippen molar-refractivity contribution in [1.29, 1.82) is 0 Å². The molecule has 150 valence electrons. The van der Waals surface area contributed by atoms with Crippen LogP contribution in [-0.4, -0.2) is 64.2 Å². The highest BCUT2D eigenvalue weighted by Crippen LogP contribution is 2.07. The number of amides is 3. The van der Waals surface area contributed by atoms with E-state index in [2.05, 4.69) is 16.0 Å². The number of carbonyl (C=O) groups is 4. The van der Waals surface area contributed by atoms with E-state index in [1.165, 1.54) is 20.8 Å². The molecule has 3 amide bonds. The number of rotatable bonds is 10. The maximum absolute atomic E-state index is 12.4. The van der Waals surface area contributed by atoms with E-state index in [0.29, 0.717) is 0 Å². The standard InChI is InChI=1S/C16H30N4O6/c1-7(2)6-11(14(23)18-9(4)16(25)26)19-15(24)12(10(5)21)20-13(22)8(3)17/h7-12,21H,6,17H2,1-5H3,(H,18,23)(H,19,24)(H,20,22)(H,25,26). The molecule has 0 aromatic carbocycles. The Balaban J connectivity index is 5.21. The smallest absolute Gasteiger partial charge is 0.325 e. The van der Waals surface area contributed by atoms with Gasteiger partial charge in [0.15, 0.2) is 0 Å². The van der Waals surface area contributed by atoms with Gasteiger partial charge in [-0.05, 0) is 33.1 Å². The molecule has 5 atom stereocenters. The molecule has 0 aliphatic carbocycles. The van der Waals surface area contributed by atoms with Crippen molar-refractivity contribution >= 4 is 23.7 Å². The number of hydrogen-bond acceptors (Lipinski definition) is 6. The van der Waals surface area contributed by atoms with Crippen LogP contribution in [0.3, 0.4) is 0 Å². The quantitative estimate of drug-likeness (QED) is 0.265. The fourth-order valence-electron chi connectivity index (χ4n) is 2.03. The van der Waals surface area contributed by atoms with Gasteiger partial charge in [-0.15, -0.1) is 0 Å². The molecule has 0 heterocycles. The second-order valence-electron chi connectivity index (χ2n) is 6.77. The zero-order valence-corrected chi connectivity index (χ0v) is 15.8. The molecule has 0 aromatic rings. The molecular formula is C16H30N4O6. The number of hydrogen-bond donors (Lipinski definition) is 6. The van der Waals surface area contributed by atoms with Gasteiger partial charge < -0.3 is 31.9 Å². The highest BCUT2D eigenvalue weighted by atomic mass is 16.4. The predicted molar refractivity (Wildman–Crippen MR) is 93.9 cm³/mol. The van der Waals surface area contributed by atoms with Crippen LogP contribution in [0.4, 0.5) is 0 Å². The molecule has 5 unspecified atom stereocenters. The summed E-state index contributed by atoms with van der Waals surface area (Å²) >= 11 is 0. The Morgan fingerprint density at radius 1 is 0.885 bits per heavy atom. The Morgan fingerprint density at radius 3 is 1.81 bits per heavy atom. The molecule has 0 bridgehead atoms. The van der Waals surface area contributed by atoms with Gasteiger partial charge in [0, 0.05) is 0 Å². The van der Waals surface area contributed by atoms with Crippen LogP contribution in [-0.2, 0) is 19.2 Å². The molecule has 10 heteroatoms. The van der Waals surface area contributed by atoms with E-state index in [1.807, 2.05) is 13.8 Å². The number of nitrogens with two attached hydrogens (primary N) is 1. The van der Waals surface area contributed by atoms with Gasteiger partial charge in [-0.2, -0.15) is 0 Å². The van der Waals surface area contributed by atoms with Gasteiger partial charge in [0.05, 0.1) is 12.1 Å². The topological polar surface area (TPSA) is 171 Å². The largest absolute Gasteiger partial charge is 0.480 e. The highest BCUT2D eigenvalue weighted by molar-refractivity contribution is 5.94. The number of carboxylic acid groups (broad SMARTS) is 1. The summed E-state index contributed by atoms with van der Waals surface area (Å²) in [6.07, 6.45) is -0.976. The second-order valence-corrected chi connectivity index (χ2v) is 6.77. The molecule has 0 fully saturated rings. The first-order valence-electron chi connectivity index (χ1n) is 8.44. The predicted octanol–water partition coefficient (Wildman–Crippen LogP) is -1.68. The lowest BCUT2D eigenvalue weighted by Gasteiger charge is -2.26. The summed E-state index contributed by atoms with van der Waals surface area (Å²) in [5, 5.41) is 25.7. The van der Waals surface area contributed by atoms with Crippen molar-refractivity contribution in [3.63, 3.8) is 0 Å². The lowest BCUT2D eigenvalue weighted by molar-refractivity contribution is -0.142. The van der Waals surface area contributed by atoms with Crippen LogP contribution in [0.2, 0.25) is 0 Å². The first kappa shape index (κ1) is 23.8. The summed E-state index contributed by atoms with van der Waals surface area (Å²) < 4.78 is 0. The Bertz CT molecular complexity index is 521. The average molecular weight is 374 g/mol. The normalized spacial score (nSPS) is 16.8. The first-order chi connectivity index (χ1) is 11.9. The fourth-order valence-corrected chi connectivity index (χ4v) is 2.03. The van der Waals surface area contributed by atoms with E-state index in [0.717, 1.165) is 0 Å². The Labute approximate surface area is 152 Å². The van der Waals surface area contributed by atoms with Gasteiger partial charge >= 0.3 is 5.97 Å². The van der Waals surface area contributed by atoms with E-state index in [9.17, 15) is 24.3 Å². The summed E-state index contributed by atoms with van der Waals surface area (Å²) in [5.74, 6) is -3.24. The van der Waals surface area contributed by atoms with Crippen molar-refractivity contribution in [3.05, 3.63) is 0 Å². The van der Waals surface area contributed by atoms with E-state index in [-0.39, 0.29) is 12.3 Å². The van der Waals surface area contributed by atoms with Crippen molar-refractivity contribution < 1.29 is 29.4 Å². The minimum Gasteiger partial charge on any atom is -0.480 e. The van der Waals surface area contributed by atoms with Gasteiger partial charge in [-0.25, -0.2) is 0 Å². The van der Waals surface area contributed by atoms with E-state index in [1.54, 1.807) is 0 Å². The second kappa shape index (κ2) is 10.7. The molecule has 0 aromatic heterocycles. The summed E-state index contributed by atoms with van der Waals surface area (Å²) in [4.78, 5) is 47.3. The van der Waals surface area contributed by atoms with Gasteiger partial charge in [0.1, 0.15) is 18.1 Å². The van der Waals surface area contributed by atoms with Crippen molar-refractivity contribution in [2.45, 2.75) is 71.3 Å². The minimum atomic E-state index is -1.30. The number of carbonyl (C=O) groups excluding carboxylic acids is 3. The lowest BCUT2D eigenvalue weighted by Crippen LogP contribution is -2.59. The van der Waals surface area contributed by atoms with Crippen LogP contribution in [0, 0.1) is 5.92 Å². The summed E-state index contributed by atoms with van der Waals surface area (Å²) in [6.45, 7) is 7.70. The first-order valence-corrected chi connectivity index (χ1v) is 8.44. The molecular weight excluding hydrogens is 344 g/mol. The van der Waals surface area contributed by atoms with E-state index in [4.69, 9.17) is 10.8 Å². The van der Waals surface area contributed by atoms with Gasteiger partial charge in [-0.3, -0.25) is 19.2 Å². The molecule has 0 saturated heterocycles. The third-order valence-corrected chi connectivity index (χ3v) is 3.55. The zero-order chi connectivity index (χ0) is 20.6. The lowest BCUT2D eigenvalue weighted by atomic mass is 10.0. The van der Waals surface area contributed by atoms with Crippen LogP contribution in [0.1, 0.15) is 41.0 Å². The zero-order valence-electron chi connectivity index (χ0n) is 15.8. The van der Waals surface area contributed by atoms with Crippen molar-refractivity contribution in [2.75, 3.05) is 0 Å². The van der Waals surface area contributed by atoms with Crippen LogP contribution in [0.5, 0.6) is 0 Å². The molecule has 0 aliphatic heterocycles. The Kier molecular flexibility index (Phi) is 9.81. The van der Waals surface area contributed by atoms with Crippen LogP contribution in [0.25, 0.3) is 0 Å². The van der Waals surface area contributed by atoms with Gasteiger partial charge in [0.2, 0.25) is 17.7 Å². The van der Waals surface area contributed by atoms with Crippen LogP contribution in [0.15, 0.2) is 0 Å². The highest BCUT2D eigenvalue weighted by Gasteiger charge is 2.31. The number of aliphatic hydroxyl groups excluding tert-OH is 1. The number of nitrogens with one attached hydrogen (secondary N) is 3. The molecule has 0 aliphatic rings. The summed E-state index contributed by atoms with van der Waals surface area (Å²) in [6, 6.07) is -4.32. The molecule has 10 nitrogen and oxygen atoms in total. The minimum absolute atomic E-state index is 0.0230. The molecule has 0 radical (unpaired) electrons. The summed E-state index contributed by atoms with van der Waals surface area (Å²) in [7, 11) is 0. The van der Waals surface area contributed by atoms with Gasteiger partial charge in [0.25, 0.3) is 0 Å². The average Bonchev–Trinajstić information content (AvgIpc) is 2.50. The monoisotopic (exact) mass is 374 g/mol. The van der Waals surface area contributed by atoms with Crippen molar-refractivity contribution in [2.24, 2.45) is 11.7 Å². The van der Waals surface area contributed by atoms with Crippen LogP contribution < -0.4 is 21.7 Å². The maximum Gasteiger partial charge on any atom is 0.325 e.